The van der Waals surface area contributed by atoms with E-state index in [0.717, 1.165) is 12.8 Å². The van der Waals surface area contributed by atoms with Crippen molar-refractivity contribution in [3.63, 3.8) is 0 Å². The molecule has 1 aromatic rings. The Morgan fingerprint density at radius 2 is 2.47 bits per heavy atom. The Morgan fingerprint density at radius 1 is 1.73 bits per heavy atom. The second-order valence-corrected chi connectivity index (χ2v) is 3.72. The first-order valence-electron chi connectivity index (χ1n) is 5.24. The van der Waals surface area contributed by atoms with Crippen molar-refractivity contribution in [1.82, 2.24) is 9.78 Å². The van der Waals surface area contributed by atoms with E-state index in [-0.39, 0.29) is 5.69 Å². The molecule has 82 valence electrons. The highest BCUT2D eigenvalue weighted by molar-refractivity contribution is 5.92. The van der Waals surface area contributed by atoms with Crippen LogP contribution >= 0.6 is 0 Å². The second-order valence-electron chi connectivity index (χ2n) is 3.72. The van der Waals surface area contributed by atoms with Gasteiger partial charge in [-0.1, -0.05) is 0 Å². The maximum atomic E-state index is 11.4. The monoisotopic (exact) mass is 209 g/mol. The van der Waals surface area contributed by atoms with E-state index in [1.165, 1.54) is 6.42 Å². The molecule has 0 aliphatic heterocycles. The van der Waals surface area contributed by atoms with E-state index in [0.29, 0.717) is 18.3 Å². The maximum Gasteiger partial charge on any atom is 0.361 e. The first kappa shape index (κ1) is 10.0. The molecule has 0 aromatic carbocycles. The van der Waals surface area contributed by atoms with Crippen LogP contribution in [0.25, 0.3) is 0 Å². The molecule has 1 saturated carbocycles. The molecule has 15 heavy (non-hydrogen) atoms. The lowest BCUT2D eigenvalue weighted by molar-refractivity contribution is 0.0518. The van der Waals surface area contributed by atoms with Crippen LogP contribution in [0.4, 0.5) is 5.69 Å². The van der Waals surface area contributed by atoms with Gasteiger partial charge in [-0.25, -0.2) is 4.79 Å². The molecule has 1 heterocycles. The zero-order valence-electron chi connectivity index (χ0n) is 8.77. The van der Waals surface area contributed by atoms with Gasteiger partial charge in [0.25, 0.3) is 0 Å². The van der Waals surface area contributed by atoms with Crippen molar-refractivity contribution < 1.29 is 9.53 Å². The number of nitrogen functional groups attached to an aromatic ring is 1. The van der Waals surface area contributed by atoms with E-state index in [9.17, 15) is 4.79 Å². The smallest absolute Gasteiger partial charge is 0.361 e. The normalized spacial score (nSPS) is 16.1. The van der Waals surface area contributed by atoms with Crippen LogP contribution in [0.15, 0.2) is 6.20 Å². The lowest BCUT2D eigenvalue weighted by Crippen LogP contribution is -2.18. The molecule has 5 nitrogen and oxygen atoms in total. The molecule has 1 aromatic heterocycles. The summed E-state index contributed by atoms with van der Waals surface area (Å²) in [6, 6.07) is 0.412. The Bertz CT molecular complexity index is 369. The van der Waals surface area contributed by atoms with Crippen LogP contribution in [0.1, 0.15) is 42.7 Å². The molecule has 0 saturated heterocycles. The van der Waals surface area contributed by atoms with Crippen LogP contribution in [0.3, 0.4) is 0 Å². The highest BCUT2D eigenvalue weighted by Crippen LogP contribution is 2.31. The molecule has 1 aliphatic rings. The summed E-state index contributed by atoms with van der Waals surface area (Å²) in [4.78, 5) is 11.4. The van der Waals surface area contributed by atoms with Crippen LogP contribution in [-0.4, -0.2) is 22.4 Å². The predicted molar refractivity (Wildman–Crippen MR) is 55.5 cm³/mol. The van der Waals surface area contributed by atoms with Gasteiger partial charge in [-0.05, 0) is 26.2 Å². The number of carbonyl (C=O) groups excluding carboxylic acids is 1. The molecular weight excluding hydrogens is 194 g/mol. The van der Waals surface area contributed by atoms with Gasteiger partial charge in [0.05, 0.1) is 18.3 Å². The fourth-order valence-electron chi connectivity index (χ4n) is 1.60. The second kappa shape index (κ2) is 3.92. The molecule has 1 aliphatic carbocycles. The van der Waals surface area contributed by atoms with Crippen molar-refractivity contribution in [3.05, 3.63) is 11.9 Å². The summed E-state index contributed by atoms with van der Waals surface area (Å²) < 4.78 is 6.64. The molecule has 0 radical (unpaired) electrons. The first-order valence-corrected chi connectivity index (χ1v) is 5.24. The van der Waals surface area contributed by atoms with Crippen molar-refractivity contribution in [3.8, 4) is 0 Å². The van der Waals surface area contributed by atoms with Crippen molar-refractivity contribution in [2.45, 2.75) is 32.2 Å². The van der Waals surface area contributed by atoms with Crippen LogP contribution in [-0.2, 0) is 4.74 Å². The van der Waals surface area contributed by atoms with Gasteiger partial charge in [0.15, 0.2) is 5.69 Å². The lowest BCUT2D eigenvalue weighted by atomic mass is 9.93. The number of nitrogens with zero attached hydrogens (tertiary/aromatic N) is 2. The van der Waals surface area contributed by atoms with Crippen LogP contribution < -0.4 is 5.73 Å². The fourth-order valence-corrected chi connectivity index (χ4v) is 1.60. The number of hydrogen-bond acceptors (Lipinski definition) is 4. The summed E-state index contributed by atoms with van der Waals surface area (Å²) in [5.41, 5.74) is 6.35. The number of hydrogen-bond donors (Lipinski definition) is 1. The van der Waals surface area contributed by atoms with E-state index in [2.05, 4.69) is 5.10 Å². The average Bonchev–Trinajstić information content (AvgIpc) is 2.44. The molecule has 0 amide bonds. The Kier molecular flexibility index (Phi) is 2.62. The quantitative estimate of drug-likeness (QED) is 0.763. The predicted octanol–water partition coefficient (Wildman–Crippen LogP) is 1.37. The van der Waals surface area contributed by atoms with Crippen molar-refractivity contribution in [2.24, 2.45) is 0 Å². The number of aromatic nitrogens is 2. The van der Waals surface area contributed by atoms with E-state index >= 15 is 0 Å². The number of esters is 1. The van der Waals surface area contributed by atoms with Gasteiger partial charge < -0.3 is 10.5 Å². The molecule has 2 N–H and O–H groups in total. The Hall–Kier alpha value is -1.52. The minimum Gasteiger partial charge on any atom is -0.461 e. The molecular formula is C10H15N3O2. The van der Waals surface area contributed by atoms with Crippen LogP contribution in [0, 0.1) is 0 Å². The molecule has 1 fully saturated rings. The third kappa shape index (κ3) is 1.82. The minimum atomic E-state index is -0.437. The zero-order valence-corrected chi connectivity index (χ0v) is 8.77. The highest BCUT2D eigenvalue weighted by Gasteiger charge is 2.23. The molecule has 5 heteroatoms. The van der Waals surface area contributed by atoms with E-state index in [1.54, 1.807) is 17.8 Å². The average molecular weight is 209 g/mol. The largest absolute Gasteiger partial charge is 0.461 e. The summed E-state index contributed by atoms with van der Waals surface area (Å²) in [5, 5.41) is 4.17. The van der Waals surface area contributed by atoms with Crippen LogP contribution in [0.2, 0.25) is 0 Å². The third-order valence-electron chi connectivity index (χ3n) is 2.68. The number of carbonyl (C=O) groups is 1. The van der Waals surface area contributed by atoms with Gasteiger partial charge in [0, 0.05) is 6.20 Å². The molecule has 0 spiro atoms. The molecule has 0 atom stereocenters. The van der Waals surface area contributed by atoms with E-state index < -0.39 is 5.97 Å². The summed E-state index contributed by atoms with van der Waals surface area (Å²) in [6.07, 6.45) is 5.17. The van der Waals surface area contributed by atoms with Crippen molar-refractivity contribution in [1.29, 1.82) is 0 Å². The number of rotatable bonds is 3. The standard InChI is InChI=1S/C10H15N3O2/c1-2-15-10(14)9-8(11)6-13(12-9)7-4-3-5-7/h6-7H,2-5,11H2,1H3. The number of nitrogens with two attached hydrogens (primary N) is 1. The fraction of sp³-hybridized carbons (Fsp3) is 0.600. The van der Waals surface area contributed by atoms with Gasteiger partial charge in [-0.15, -0.1) is 0 Å². The third-order valence-corrected chi connectivity index (χ3v) is 2.68. The van der Waals surface area contributed by atoms with Crippen molar-refractivity contribution >= 4 is 11.7 Å². The SMILES string of the molecule is CCOC(=O)c1nn(C2CCC2)cc1N. The van der Waals surface area contributed by atoms with Gasteiger partial charge in [0.1, 0.15) is 0 Å². The van der Waals surface area contributed by atoms with E-state index in [1.807, 2.05) is 0 Å². The Labute approximate surface area is 88.2 Å². The molecule has 0 bridgehead atoms. The zero-order chi connectivity index (χ0) is 10.8. The van der Waals surface area contributed by atoms with Gasteiger partial charge in [0.2, 0.25) is 0 Å². The van der Waals surface area contributed by atoms with E-state index in [4.69, 9.17) is 10.5 Å². The van der Waals surface area contributed by atoms with Gasteiger partial charge in [-0.2, -0.15) is 5.10 Å². The molecule has 0 unspecified atom stereocenters. The lowest BCUT2D eigenvalue weighted by Gasteiger charge is -2.25. The number of ether oxygens (including phenoxy) is 1. The summed E-state index contributed by atoms with van der Waals surface area (Å²) in [6.45, 7) is 2.10. The first-order chi connectivity index (χ1) is 7.22. The molecule has 2 rings (SSSR count). The minimum absolute atomic E-state index is 0.240. The van der Waals surface area contributed by atoms with Gasteiger partial charge >= 0.3 is 5.97 Å². The summed E-state index contributed by atoms with van der Waals surface area (Å²) in [7, 11) is 0. The van der Waals surface area contributed by atoms with Crippen LogP contribution in [0.5, 0.6) is 0 Å². The van der Waals surface area contributed by atoms with Crippen molar-refractivity contribution in [2.75, 3.05) is 12.3 Å². The topological polar surface area (TPSA) is 70.1 Å². The Morgan fingerprint density at radius 3 is 3.00 bits per heavy atom. The maximum absolute atomic E-state index is 11.4. The highest BCUT2D eigenvalue weighted by atomic mass is 16.5. The Balaban J connectivity index is 2.17. The van der Waals surface area contributed by atoms with Gasteiger partial charge in [-0.3, -0.25) is 4.68 Å². The summed E-state index contributed by atoms with van der Waals surface area (Å²) >= 11 is 0. The number of anilines is 1. The summed E-state index contributed by atoms with van der Waals surface area (Å²) in [5.74, 6) is -0.437.